The zero-order chi connectivity index (χ0) is 18.3. The molecule has 0 aliphatic rings. The third-order valence-corrected chi connectivity index (χ3v) is 6.18. The van der Waals surface area contributed by atoms with Crippen molar-refractivity contribution in [2.24, 2.45) is 7.05 Å². The van der Waals surface area contributed by atoms with Crippen LogP contribution in [0.15, 0.2) is 28.3 Å². The van der Waals surface area contributed by atoms with Gasteiger partial charge >= 0.3 is 0 Å². The van der Waals surface area contributed by atoms with E-state index in [4.69, 9.17) is 12.2 Å². The van der Waals surface area contributed by atoms with Crippen molar-refractivity contribution in [3.05, 3.63) is 29.6 Å². The van der Waals surface area contributed by atoms with Crippen molar-refractivity contribution in [1.29, 1.82) is 0 Å². The molecule has 0 unspecified atom stereocenters. The highest BCUT2D eigenvalue weighted by Crippen LogP contribution is 2.28. The van der Waals surface area contributed by atoms with E-state index in [1.54, 1.807) is 7.05 Å². The van der Waals surface area contributed by atoms with Crippen LogP contribution in [0.5, 0.6) is 0 Å². The molecule has 8 nitrogen and oxygen atoms in total. The van der Waals surface area contributed by atoms with Gasteiger partial charge in [-0.2, -0.15) is 10.1 Å². The number of sulfone groups is 2. The maximum absolute atomic E-state index is 12.1. The molecule has 1 aromatic heterocycles. The van der Waals surface area contributed by atoms with E-state index in [1.807, 2.05) is 0 Å². The van der Waals surface area contributed by atoms with Crippen molar-refractivity contribution in [3.8, 4) is 0 Å². The van der Waals surface area contributed by atoms with Crippen LogP contribution in [-0.2, 0) is 26.7 Å². The number of nitrogens with one attached hydrogen (secondary N) is 1. The predicted molar refractivity (Wildman–Crippen MR) is 93.7 cm³/mol. The largest absolute Gasteiger partial charge is 0.315 e. The van der Waals surface area contributed by atoms with E-state index < -0.39 is 19.7 Å². The average molecular weight is 388 g/mol. The maximum atomic E-state index is 12.1. The van der Waals surface area contributed by atoms with Crippen molar-refractivity contribution >= 4 is 42.8 Å². The summed E-state index contributed by atoms with van der Waals surface area (Å²) in [6, 6.07) is 2.73. The number of aromatic nitrogens is 3. The fourth-order valence-corrected chi connectivity index (χ4v) is 5.37. The Bertz CT molecular complexity index is 1020. The summed E-state index contributed by atoms with van der Waals surface area (Å²) in [4.78, 5) is 3.71. The van der Waals surface area contributed by atoms with Gasteiger partial charge in [0.1, 0.15) is 11.3 Å². The fraction of sp³-hybridized carbons (Fsp3) is 0.308. The Morgan fingerprint density at radius 1 is 1.17 bits per heavy atom. The molecule has 1 aromatic carbocycles. The molecule has 24 heavy (non-hydrogen) atoms. The molecule has 0 atom stereocenters. The lowest BCUT2D eigenvalue weighted by Gasteiger charge is -2.15. The van der Waals surface area contributed by atoms with Crippen LogP contribution in [0, 0.1) is 6.92 Å². The molecular weight excluding hydrogens is 372 g/mol. The number of aryl methyl sites for hydroxylation is 1. The van der Waals surface area contributed by atoms with Gasteiger partial charge in [-0.25, -0.2) is 21.5 Å². The van der Waals surface area contributed by atoms with E-state index in [0.29, 0.717) is 11.5 Å². The van der Waals surface area contributed by atoms with Crippen molar-refractivity contribution in [3.63, 3.8) is 0 Å². The molecule has 0 saturated heterocycles. The van der Waals surface area contributed by atoms with Crippen LogP contribution in [0.4, 0.5) is 5.95 Å². The molecule has 0 spiro atoms. The number of rotatable bonds is 4. The molecule has 0 aliphatic heterocycles. The average Bonchev–Trinajstić information content (AvgIpc) is 2.81. The minimum absolute atomic E-state index is 0.216. The molecule has 2 rings (SSSR count). The highest BCUT2D eigenvalue weighted by molar-refractivity contribution is 7.93. The molecule has 0 saturated carbocycles. The van der Waals surface area contributed by atoms with Gasteiger partial charge in [0.2, 0.25) is 5.95 Å². The van der Waals surface area contributed by atoms with Gasteiger partial charge < -0.3 is 5.32 Å². The summed E-state index contributed by atoms with van der Waals surface area (Å²) in [5, 5.41) is 6.76. The van der Waals surface area contributed by atoms with Crippen molar-refractivity contribution in [1.82, 2.24) is 14.8 Å². The molecule has 130 valence electrons. The Balaban J connectivity index is 2.62. The fourth-order valence-electron chi connectivity index (χ4n) is 2.24. The summed E-state index contributed by atoms with van der Waals surface area (Å²) < 4.78 is 49.5. The first-order valence-corrected chi connectivity index (χ1v) is 10.8. The standard InChI is InChI=1S/C13H16N4O4S3/c1-8-9(12(22)16-13-14-7-15-17(13)2)5-6-10(23(3,18)19)11(8)24(4,20)21/h5-7H,1-4H3,(H,14,15,16,22). The van der Waals surface area contributed by atoms with Gasteiger partial charge in [0.25, 0.3) is 0 Å². The number of hydrogen-bond acceptors (Lipinski definition) is 7. The smallest absolute Gasteiger partial charge is 0.225 e. The van der Waals surface area contributed by atoms with E-state index in [0.717, 1.165) is 12.5 Å². The van der Waals surface area contributed by atoms with Gasteiger partial charge in [-0.05, 0) is 18.6 Å². The summed E-state index contributed by atoms with van der Waals surface area (Å²) in [5.41, 5.74) is 0.668. The van der Waals surface area contributed by atoms with Gasteiger partial charge in [0.15, 0.2) is 19.7 Å². The number of thiocarbonyl (C=S) groups is 1. The minimum Gasteiger partial charge on any atom is -0.315 e. The van der Waals surface area contributed by atoms with Gasteiger partial charge in [0, 0.05) is 25.1 Å². The lowest BCUT2D eigenvalue weighted by atomic mass is 10.1. The lowest BCUT2D eigenvalue weighted by molar-refractivity contribution is 0.588. The summed E-state index contributed by atoms with van der Waals surface area (Å²) in [6.07, 6.45) is 3.27. The number of hydrogen-bond donors (Lipinski definition) is 1. The first-order valence-electron chi connectivity index (χ1n) is 6.62. The second-order valence-electron chi connectivity index (χ2n) is 5.27. The highest BCUT2D eigenvalue weighted by atomic mass is 32.2. The normalized spacial score (nSPS) is 12.2. The molecule has 0 aliphatic carbocycles. The molecule has 1 heterocycles. The molecule has 0 amide bonds. The van der Waals surface area contributed by atoms with E-state index in [1.165, 1.54) is 30.1 Å². The molecule has 0 bridgehead atoms. The Morgan fingerprint density at radius 3 is 2.25 bits per heavy atom. The monoisotopic (exact) mass is 388 g/mol. The van der Waals surface area contributed by atoms with Crippen LogP contribution in [0.1, 0.15) is 11.1 Å². The van der Waals surface area contributed by atoms with Crippen LogP contribution >= 0.6 is 12.2 Å². The van der Waals surface area contributed by atoms with Gasteiger partial charge in [-0.3, -0.25) is 0 Å². The zero-order valence-corrected chi connectivity index (χ0v) is 15.9. The second kappa shape index (κ2) is 6.22. The molecule has 0 radical (unpaired) electrons. The van der Waals surface area contributed by atoms with E-state index in [9.17, 15) is 16.8 Å². The minimum atomic E-state index is -3.77. The van der Waals surface area contributed by atoms with Crippen LogP contribution in [-0.4, -0.2) is 49.1 Å². The SMILES string of the molecule is Cc1c(C(=S)Nc2ncnn2C)ccc(S(C)(=O)=O)c1S(C)(=O)=O. The number of anilines is 1. The van der Waals surface area contributed by atoms with Crippen LogP contribution in [0.3, 0.4) is 0 Å². The first-order chi connectivity index (χ1) is 10.9. The Morgan fingerprint density at radius 2 is 1.79 bits per heavy atom. The van der Waals surface area contributed by atoms with Crippen molar-refractivity contribution in [2.75, 3.05) is 17.8 Å². The maximum Gasteiger partial charge on any atom is 0.225 e. The van der Waals surface area contributed by atoms with E-state index in [-0.39, 0.29) is 20.3 Å². The van der Waals surface area contributed by atoms with E-state index in [2.05, 4.69) is 15.4 Å². The van der Waals surface area contributed by atoms with Gasteiger partial charge in [-0.15, -0.1) is 0 Å². The summed E-state index contributed by atoms with van der Waals surface area (Å²) in [5.74, 6) is 0.382. The lowest BCUT2D eigenvalue weighted by Crippen LogP contribution is -2.18. The Kier molecular flexibility index (Phi) is 4.79. The molecule has 11 heteroatoms. The second-order valence-corrected chi connectivity index (χ2v) is 9.62. The topological polar surface area (TPSA) is 111 Å². The first kappa shape index (κ1) is 18.5. The van der Waals surface area contributed by atoms with Crippen LogP contribution < -0.4 is 5.32 Å². The van der Waals surface area contributed by atoms with E-state index >= 15 is 0 Å². The molecular formula is C13H16N4O4S3. The summed E-state index contributed by atoms with van der Waals surface area (Å²) >= 11 is 5.30. The van der Waals surface area contributed by atoms with Crippen LogP contribution in [0.25, 0.3) is 0 Å². The summed E-state index contributed by atoms with van der Waals surface area (Å²) in [7, 11) is -5.81. The molecule has 2 aromatic rings. The predicted octanol–water partition coefficient (Wildman–Crippen LogP) is 0.718. The van der Waals surface area contributed by atoms with Crippen molar-refractivity contribution < 1.29 is 16.8 Å². The quantitative estimate of drug-likeness (QED) is 0.763. The highest BCUT2D eigenvalue weighted by Gasteiger charge is 2.25. The zero-order valence-electron chi connectivity index (χ0n) is 13.4. The summed E-state index contributed by atoms with van der Waals surface area (Å²) in [6.45, 7) is 1.52. The number of benzene rings is 1. The Hall–Kier alpha value is -1.85. The molecule has 0 fully saturated rings. The third-order valence-electron chi connectivity index (χ3n) is 3.32. The van der Waals surface area contributed by atoms with Gasteiger partial charge in [-0.1, -0.05) is 18.3 Å². The number of nitrogens with zero attached hydrogens (tertiary/aromatic N) is 3. The van der Waals surface area contributed by atoms with Crippen molar-refractivity contribution in [2.45, 2.75) is 16.7 Å². The molecule has 1 N–H and O–H groups in total. The van der Waals surface area contributed by atoms with Gasteiger partial charge in [0.05, 0.1) is 9.79 Å². The Labute approximate surface area is 145 Å². The third kappa shape index (κ3) is 3.62. The van der Waals surface area contributed by atoms with Crippen LogP contribution in [0.2, 0.25) is 0 Å².